The summed E-state index contributed by atoms with van der Waals surface area (Å²) in [5, 5.41) is 10.8. The monoisotopic (exact) mass is 398 g/mol. The predicted octanol–water partition coefficient (Wildman–Crippen LogP) is 3.16. The number of H-pyrrole nitrogens is 1. The highest BCUT2D eigenvalue weighted by Crippen LogP contribution is 2.29. The summed E-state index contributed by atoms with van der Waals surface area (Å²) >= 11 is 0. The molecule has 0 spiro atoms. The lowest BCUT2D eigenvalue weighted by Crippen LogP contribution is -2.15. The van der Waals surface area contributed by atoms with Crippen LogP contribution in [-0.2, 0) is 0 Å². The number of hydrogen-bond acceptors (Lipinski definition) is 6. The number of anilines is 1. The van der Waals surface area contributed by atoms with Gasteiger partial charge in [0.2, 0.25) is 0 Å². The van der Waals surface area contributed by atoms with Crippen LogP contribution in [0.4, 0.5) is 5.82 Å². The van der Waals surface area contributed by atoms with Crippen molar-refractivity contribution in [2.45, 2.75) is 6.42 Å². The third-order valence-electron chi connectivity index (χ3n) is 4.43. The van der Waals surface area contributed by atoms with Crippen molar-refractivity contribution in [2.24, 2.45) is 0 Å². The molecule has 0 aliphatic heterocycles. The number of methoxy groups -OCH3 is 2. The fraction of sp³-hybridized carbons (Fsp3) is 0.333. The zero-order valence-electron chi connectivity index (χ0n) is 17.1. The van der Waals surface area contributed by atoms with Crippen molar-refractivity contribution in [3.63, 3.8) is 0 Å². The van der Waals surface area contributed by atoms with Crippen molar-refractivity contribution in [3.05, 3.63) is 42.0 Å². The van der Waals surface area contributed by atoms with E-state index in [2.05, 4.69) is 20.4 Å². The first-order valence-corrected chi connectivity index (χ1v) is 9.31. The zero-order valence-corrected chi connectivity index (χ0v) is 17.1. The number of rotatable bonds is 9. The number of aromatic amines is 1. The van der Waals surface area contributed by atoms with E-state index in [9.17, 15) is 4.79 Å². The molecule has 29 heavy (non-hydrogen) atoms. The van der Waals surface area contributed by atoms with E-state index in [4.69, 9.17) is 14.2 Å². The van der Waals surface area contributed by atoms with Crippen molar-refractivity contribution < 1.29 is 19.0 Å². The molecular formula is C21H26N4O4. The van der Waals surface area contributed by atoms with Crippen LogP contribution < -0.4 is 19.5 Å². The molecule has 2 N–H and O–H groups in total. The fourth-order valence-corrected chi connectivity index (χ4v) is 2.91. The SMILES string of the molecule is COc1ccc(C(=O)Nc2n[nH]c3cc(OCCCN(C)C)ccc23)cc1OC. The molecule has 1 heterocycles. The third kappa shape index (κ3) is 4.97. The maximum atomic E-state index is 12.6. The second-order valence-electron chi connectivity index (χ2n) is 6.81. The van der Waals surface area contributed by atoms with Crippen LogP contribution >= 0.6 is 0 Å². The van der Waals surface area contributed by atoms with E-state index in [0.717, 1.165) is 29.6 Å². The summed E-state index contributed by atoms with van der Waals surface area (Å²) in [5.41, 5.74) is 1.23. The van der Waals surface area contributed by atoms with E-state index in [-0.39, 0.29) is 5.91 Å². The highest BCUT2D eigenvalue weighted by Gasteiger charge is 2.14. The summed E-state index contributed by atoms with van der Waals surface area (Å²) in [6.45, 7) is 1.61. The lowest BCUT2D eigenvalue weighted by atomic mass is 10.2. The summed E-state index contributed by atoms with van der Waals surface area (Å²) in [5.74, 6) is 1.98. The van der Waals surface area contributed by atoms with E-state index in [0.29, 0.717) is 29.5 Å². The number of nitrogens with one attached hydrogen (secondary N) is 2. The van der Waals surface area contributed by atoms with E-state index < -0.39 is 0 Å². The first kappa shape index (κ1) is 20.5. The van der Waals surface area contributed by atoms with Crippen molar-refractivity contribution in [1.29, 1.82) is 0 Å². The number of benzene rings is 2. The molecule has 3 rings (SSSR count). The van der Waals surface area contributed by atoms with Crippen LogP contribution in [-0.4, -0.2) is 62.5 Å². The molecule has 0 fully saturated rings. The van der Waals surface area contributed by atoms with Crippen LogP contribution in [0.2, 0.25) is 0 Å². The van der Waals surface area contributed by atoms with E-state index in [1.807, 2.05) is 32.3 Å². The van der Waals surface area contributed by atoms with Crippen LogP contribution in [0.1, 0.15) is 16.8 Å². The Morgan fingerprint density at radius 1 is 1.10 bits per heavy atom. The van der Waals surface area contributed by atoms with Crippen molar-refractivity contribution in [3.8, 4) is 17.2 Å². The molecule has 0 atom stereocenters. The molecule has 8 heteroatoms. The largest absolute Gasteiger partial charge is 0.493 e. The van der Waals surface area contributed by atoms with E-state index in [1.54, 1.807) is 25.3 Å². The quantitative estimate of drug-likeness (QED) is 0.538. The van der Waals surface area contributed by atoms with Crippen molar-refractivity contribution in [2.75, 3.05) is 46.8 Å². The molecule has 154 valence electrons. The van der Waals surface area contributed by atoms with Gasteiger partial charge >= 0.3 is 0 Å². The maximum Gasteiger partial charge on any atom is 0.257 e. The average molecular weight is 398 g/mol. The first-order valence-electron chi connectivity index (χ1n) is 9.31. The number of aromatic nitrogens is 2. The Kier molecular flexibility index (Phi) is 6.56. The topological polar surface area (TPSA) is 88.7 Å². The van der Waals surface area contributed by atoms with Gasteiger partial charge in [0, 0.05) is 23.6 Å². The number of hydrogen-bond donors (Lipinski definition) is 2. The Balaban J connectivity index is 1.70. The normalized spacial score (nSPS) is 10.9. The van der Waals surface area contributed by atoms with Gasteiger partial charge in [-0.3, -0.25) is 9.89 Å². The minimum absolute atomic E-state index is 0.289. The lowest BCUT2D eigenvalue weighted by molar-refractivity contribution is 0.102. The Hall–Kier alpha value is -3.26. The van der Waals surface area contributed by atoms with Crippen LogP contribution in [0.25, 0.3) is 10.9 Å². The van der Waals surface area contributed by atoms with Crippen molar-refractivity contribution >= 4 is 22.6 Å². The number of ether oxygens (including phenoxy) is 3. The van der Waals surface area contributed by atoms with Gasteiger partial charge in [-0.25, -0.2) is 0 Å². The maximum absolute atomic E-state index is 12.6. The number of carbonyl (C=O) groups excluding carboxylic acids is 1. The van der Waals surface area contributed by atoms with Gasteiger partial charge in [0.1, 0.15) is 5.75 Å². The first-order chi connectivity index (χ1) is 14.0. The smallest absolute Gasteiger partial charge is 0.257 e. The molecule has 2 aromatic carbocycles. The van der Waals surface area contributed by atoms with Gasteiger partial charge < -0.3 is 24.4 Å². The van der Waals surface area contributed by atoms with Crippen LogP contribution in [0.5, 0.6) is 17.2 Å². The molecule has 0 aliphatic carbocycles. The van der Waals surface area contributed by atoms with Gasteiger partial charge in [-0.15, -0.1) is 0 Å². The van der Waals surface area contributed by atoms with Crippen LogP contribution in [0.15, 0.2) is 36.4 Å². The second kappa shape index (κ2) is 9.29. The zero-order chi connectivity index (χ0) is 20.8. The van der Waals surface area contributed by atoms with Gasteiger partial charge in [-0.1, -0.05) is 0 Å². The molecule has 0 unspecified atom stereocenters. The Bertz CT molecular complexity index is 984. The summed E-state index contributed by atoms with van der Waals surface area (Å²) < 4.78 is 16.2. The Morgan fingerprint density at radius 2 is 1.90 bits per heavy atom. The average Bonchev–Trinajstić information content (AvgIpc) is 3.12. The summed E-state index contributed by atoms with van der Waals surface area (Å²) in [4.78, 5) is 14.7. The molecule has 3 aromatic rings. The molecule has 0 radical (unpaired) electrons. The standard InChI is InChI=1S/C21H26N4O4/c1-25(2)10-5-11-29-15-7-8-16-17(13-15)23-24-20(16)22-21(26)14-6-9-18(27-3)19(12-14)28-4/h6-9,12-13H,5,10-11H2,1-4H3,(H2,22,23,24,26). The van der Waals surface area contributed by atoms with Crippen molar-refractivity contribution in [1.82, 2.24) is 15.1 Å². The van der Waals surface area contributed by atoms with E-state index in [1.165, 1.54) is 7.11 Å². The summed E-state index contributed by atoms with van der Waals surface area (Å²) in [7, 11) is 7.15. The number of amides is 1. The Morgan fingerprint density at radius 3 is 2.62 bits per heavy atom. The number of nitrogens with zero attached hydrogens (tertiary/aromatic N) is 2. The van der Waals surface area contributed by atoms with Crippen LogP contribution in [0.3, 0.4) is 0 Å². The molecule has 0 aliphatic rings. The molecule has 0 saturated heterocycles. The third-order valence-corrected chi connectivity index (χ3v) is 4.43. The van der Waals surface area contributed by atoms with Crippen LogP contribution in [0, 0.1) is 0 Å². The molecule has 0 saturated carbocycles. The minimum Gasteiger partial charge on any atom is -0.493 e. The molecule has 8 nitrogen and oxygen atoms in total. The highest BCUT2D eigenvalue weighted by atomic mass is 16.5. The fourth-order valence-electron chi connectivity index (χ4n) is 2.91. The molecular weight excluding hydrogens is 372 g/mol. The summed E-state index contributed by atoms with van der Waals surface area (Å²) in [6.07, 6.45) is 0.945. The number of carbonyl (C=O) groups is 1. The molecule has 1 aromatic heterocycles. The highest BCUT2D eigenvalue weighted by molar-refractivity contribution is 6.08. The lowest BCUT2D eigenvalue weighted by Gasteiger charge is -2.10. The van der Waals surface area contributed by atoms with Gasteiger partial charge in [0.05, 0.1) is 26.3 Å². The second-order valence-corrected chi connectivity index (χ2v) is 6.81. The van der Waals surface area contributed by atoms with E-state index >= 15 is 0 Å². The summed E-state index contributed by atoms with van der Waals surface area (Å²) in [6, 6.07) is 10.6. The minimum atomic E-state index is -0.289. The molecule has 0 bridgehead atoms. The van der Waals surface area contributed by atoms with Gasteiger partial charge in [-0.05, 0) is 50.8 Å². The Labute approximate surface area is 169 Å². The molecule has 1 amide bonds. The number of fused-ring (bicyclic) bond motifs is 1. The van der Waals surface area contributed by atoms with Gasteiger partial charge in [-0.2, -0.15) is 5.10 Å². The predicted molar refractivity (Wildman–Crippen MR) is 112 cm³/mol. The van der Waals surface area contributed by atoms with Gasteiger partial charge in [0.25, 0.3) is 5.91 Å². The van der Waals surface area contributed by atoms with Gasteiger partial charge in [0.15, 0.2) is 17.3 Å².